The number of hydrogen-bond donors (Lipinski definition) is 2. The van der Waals surface area contributed by atoms with E-state index in [0.717, 1.165) is 18.4 Å². The van der Waals surface area contributed by atoms with Gasteiger partial charge in [0.1, 0.15) is 0 Å². The van der Waals surface area contributed by atoms with Crippen molar-refractivity contribution in [3.63, 3.8) is 0 Å². The Morgan fingerprint density at radius 1 is 1.17 bits per heavy atom. The molecule has 0 amide bonds. The van der Waals surface area contributed by atoms with Crippen LogP contribution in [0.1, 0.15) is 46.5 Å². The van der Waals surface area contributed by atoms with Crippen LogP contribution in [0.15, 0.2) is 4.99 Å². The molecule has 1 atom stereocenters. The molecular weight excluding hydrogens is 286 g/mol. The minimum atomic E-state index is 0.566. The maximum Gasteiger partial charge on any atom is 0.191 e. The third-order valence-electron chi connectivity index (χ3n) is 5.29. The lowest BCUT2D eigenvalue weighted by atomic mass is 10.0. The van der Waals surface area contributed by atoms with Crippen LogP contribution in [0.2, 0.25) is 0 Å². The molecule has 2 aliphatic heterocycles. The van der Waals surface area contributed by atoms with Crippen molar-refractivity contribution >= 4 is 5.96 Å². The number of nitrogens with one attached hydrogen (secondary N) is 2. The van der Waals surface area contributed by atoms with Crippen LogP contribution >= 0.6 is 0 Å². The summed E-state index contributed by atoms with van der Waals surface area (Å²) in [6, 6.07) is 1.23. The molecule has 2 rings (SSSR count). The van der Waals surface area contributed by atoms with Crippen LogP contribution in [0.5, 0.6) is 0 Å². The normalized spacial score (nSPS) is 25.3. The number of rotatable bonds is 6. The fourth-order valence-electron chi connectivity index (χ4n) is 3.79. The summed E-state index contributed by atoms with van der Waals surface area (Å²) in [5, 5.41) is 7.18. The Morgan fingerprint density at radius 2 is 1.91 bits per heavy atom. The SMILES string of the molecule is CCCN1CCC(CNC(=NC)NC2CCN(C(C)C)CC2)C1. The summed E-state index contributed by atoms with van der Waals surface area (Å²) in [5.41, 5.74) is 0. The Hall–Kier alpha value is -0.810. The van der Waals surface area contributed by atoms with E-state index in [0.29, 0.717) is 12.1 Å². The van der Waals surface area contributed by atoms with Crippen LogP contribution in [-0.2, 0) is 0 Å². The summed E-state index contributed by atoms with van der Waals surface area (Å²) in [6.07, 6.45) is 5.01. The molecule has 0 aliphatic carbocycles. The number of aliphatic imine (C=N–C) groups is 1. The molecule has 0 bridgehead atoms. The molecular formula is C18H37N5. The maximum atomic E-state index is 4.42. The molecule has 0 saturated carbocycles. The molecule has 134 valence electrons. The first-order valence-electron chi connectivity index (χ1n) is 9.56. The predicted octanol–water partition coefficient (Wildman–Crippen LogP) is 1.76. The van der Waals surface area contributed by atoms with Gasteiger partial charge in [-0.05, 0) is 58.5 Å². The van der Waals surface area contributed by atoms with Gasteiger partial charge in [-0.25, -0.2) is 0 Å². The van der Waals surface area contributed by atoms with Crippen LogP contribution in [0.25, 0.3) is 0 Å². The maximum absolute atomic E-state index is 4.42. The Balaban J connectivity index is 1.66. The lowest BCUT2D eigenvalue weighted by Gasteiger charge is -2.35. The van der Waals surface area contributed by atoms with Crippen molar-refractivity contribution in [1.82, 2.24) is 20.4 Å². The van der Waals surface area contributed by atoms with E-state index < -0.39 is 0 Å². The first-order chi connectivity index (χ1) is 11.1. The van der Waals surface area contributed by atoms with E-state index in [1.807, 2.05) is 7.05 Å². The second-order valence-corrected chi connectivity index (χ2v) is 7.46. The summed E-state index contributed by atoms with van der Waals surface area (Å²) >= 11 is 0. The second-order valence-electron chi connectivity index (χ2n) is 7.46. The third-order valence-corrected chi connectivity index (χ3v) is 5.29. The average molecular weight is 324 g/mol. The molecule has 2 heterocycles. The number of guanidine groups is 1. The molecule has 2 fully saturated rings. The standard InChI is InChI=1S/C18H37N5/c1-5-9-22-10-6-16(14-22)13-20-18(19-4)21-17-7-11-23(12-8-17)15(2)3/h15-17H,5-14H2,1-4H3,(H2,19,20,21). The van der Waals surface area contributed by atoms with E-state index in [2.05, 4.69) is 46.2 Å². The van der Waals surface area contributed by atoms with Gasteiger partial charge in [-0.2, -0.15) is 0 Å². The van der Waals surface area contributed by atoms with Crippen molar-refractivity contribution in [3.05, 3.63) is 0 Å². The molecule has 0 aromatic heterocycles. The minimum absolute atomic E-state index is 0.566. The van der Waals surface area contributed by atoms with Crippen molar-refractivity contribution < 1.29 is 0 Å². The lowest BCUT2D eigenvalue weighted by molar-refractivity contribution is 0.167. The predicted molar refractivity (Wildman–Crippen MR) is 99.1 cm³/mol. The second kappa shape index (κ2) is 9.48. The van der Waals surface area contributed by atoms with Gasteiger partial charge in [-0.3, -0.25) is 4.99 Å². The zero-order valence-electron chi connectivity index (χ0n) is 15.6. The van der Waals surface area contributed by atoms with Crippen molar-refractivity contribution in [3.8, 4) is 0 Å². The fraction of sp³-hybridized carbons (Fsp3) is 0.944. The van der Waals surface area contributed by atoms with Crippen molar-refractivity contribution in [2.24, 2.45) is 10.9 Å². The fourth-order valence-corrected chi connectivity index (χ4v) is 3.79. The van der Waals surface area contributed by atoms with Gasteiger partial charge >= 0.3 is 0 Å². The van der Waals surface area contributed by atoms with Gasteiger partial charge in [0.2, 0.25) is 0 Å². The molecule has 23 heavy (non-hydrogen) atoms. The lowest BCUT2D eigenvalue weighted by Crippen LogP contribution is -2.50. The zero-order valence-corrected chi connectivity index (χ0v) is 15.6. The van der Waals surface area contributed by atoms with Gasteiger partial charge in [-0.15, -0.1) is 0 Å². The molecule has 0 aromatic carbocycles. The van der Waals surface area contributed by atoms with Gasteiger partial charge in [0.25, 0.3) is 0 Å². The first kappa shape index (κ1) is 18.5. The highest BCUT2D eigenvalue weighted by atomic mass is 15.2. The first-order valence-corrected chi connectivity index (χ1v) is 9.56. The minimum Gasteiger partial charge on any atom is -0.356 e. The van der Waals surface area contributed by atoms with Crippen LogP contribution in [0.4, 0.5) is 0 Å². The molecule has 5 heteroatoms. The van der Waals surface area contributed by atoms with Gasteiger partial charge in [0, 0.05) is 45.3 Å². The highest BCUT2D eigenvalue weighted by molar-refractivity contribution is 5.79. The summed E-state index contributed by atoms with van der Waals surface area (Å²) in [6.45, 7) is 14.0. The Morgan fingerprint density at radius 3 is 2.52 bits per heavy atom. The van der Waals surface area contributed by atoms with E-state index >= 15 is 0 Å². The Bertz CT molecular complexity index is 360. The van der Waals surface area contributed by atoms with Crippen molar-refractivity contribution in [2.75, 3.05) is 46.3 Å². The number of nitrogens with zero attached hydrogens (tertiary/aromatic N) is 3. The molecule has 2 N–H and O–H groups in total. The summed E-state index contributed by atoms with van der Waals surface area (Å²) in [7, 11) is 1.89. The number of hydrogen-bond acceptors (Lipinski definition) is 3. The van der Waals surface area contributed by atoms with Crippen LogP contribution in [-0.4, -0.2) is 74.2 Å². The molecule has 0 aromatic rings. The van der Waals surface area contributed by atoms with Crippen molar-refractivity contribution in [1.29, 1.82) is 0 Å². The molecule has 5 nitrogen and oxygen atoms in total. The van der Waals surface area contributed by atoms with Crippen LogP contribution in [0.3, 0.4) is 0 Å². The van der Waals surface area contributed by atoms with Gasteiger partial charge in [0.05, 0.1) is 0 Å². The van der Waals surface area contributed by atoms with E-state index in [1.54, 1.807) is 0 Å². The third kappa shape index (κ3) is 5.96. The molecule has 2 saturated heterocycles. The summed E-state index contributed by atoms with van der Waals surface area (Å²) < 4.78 is 0. The quantitative estimate of drug-likeness (QED) is 0.577. The van der Waals surface area contributed by atoms with E-state index in [1.165, 1.54) is 58.4 Å². The van der Waals surface area contributed by atoms with Gasteiger partial charge < -0.3 is 20.4 Å². The molecule has 0 spiro atoms. The van der Waals surface area contributed by atoms with E-state index in [4.69, 9.17) is 0 Å². The van der Waals surface area contributed by atoms with Gasteiger partial charge in [0.15, 0.2) is 5.96 Å². The Labute approximate surface area is 142 Å². The number of piperidine rings is 1. The molecule has 2 aliphatic rings. The van der Waals surface area contributed by atoms with Crippen LogP contribution in [0, 0.1) is 5.92 Å². The highest BCUT2D eigenvalue weighted by Crippen LogP contribution is 2.15. The van der Waals surface area contributed by atoms with Gasteiger partial charge in [-0.1, -0.05) is 6.92 Å². The Kier molecular flexibility index (Phi) is 7.63. The van der Waals surface area contributed by atoms with Crippen LogP contribution < -0.4 is 10.6 Å². The summed E-state index contributed by atoms with van der Waals surface area (Å²) in [4.78, 5) is 9.57. The smallest absolute Gasteiger partial charge is 0.191 e. The monoisotopic (exact) mass is 323 g/mol. The molecule has 0 radical (unpaired) electrons. The topological polar surface area (TPSA) is 42.9 Å². The average Bonchev–Trinajstić information content (AvgIpc) is 3.00. The zero-order chi connectivity index (χ0) is 16.7. The summed E-state index contributed by atoms with van der Waals surface area (Å²) in [5.74, 6) is 1.75. The molecule has 1 unspecified atom stereocenters. The van der Waals surface area contributed by atoms with E-state index in [-0.39, 0.29) is 0 Å². The van der Waals surface area contributed by atoms with Crippen molar-refractivity contribution in [2.45, 2.75) is 58.5 Å². The number of likely N-dealkylation sites (tertiary alicyclic amines) is 2. The van der Waals surface area contributed by atoms with E-state index in [9.17, 15) is 0 Å². The largest absolute Gasteiger partial charge is 0.356 e. The highest BCUT2D eigenvalue weighted by Gasteiger charge is 2.23.